The summed E-state index contributed by atoms with van der Waals surface area (Å²) >= 11 is 0. The molecule has 1 atom stereocenters. The van der Waals surface area contributed by atoms with Crippen LogP contribution in [-0.2, 0) is 0 Å². The zero-order valence-electron chi connectivity index (χ0n) is 10.9. The van der Waals surface area contributed by atoms with E-state index in [0.717, 1.165) is 22.8 Å². The molecule has 2 aromatic rings. The molecule has 19 heavy (non-hydrogen) atoms. The van der Waals surface area contributed by atoms with Crippen molar-refractivity contribution in [2.24, 2.45) is 5.84 Å². The number of hydrogen-bond acceptors (Lipinski definition) is 2. The first-order valence-corrected chi connectivity index (χ1v) is 6.01. The first-order valence-electron chi connectivity index (χ1n) is 6.01. The normalized spacial score (nSPS) is 12.5. The van der Waals surface area contributed by atoms with Crippen molar-refractivity contribution in [3.05, 3.63) is 70.3 Å². The molecule has 4 heteroatoms. The summed E-state index contributed by atoms with van der Waals surface area (Å²) in [5.74, 6) is 3.79. The SMILES string of the molecule is Cc1ccc(C)c(C(NN)c2cccc(F)c2F)c1. The van der Waals surface area contributed by atoms with E-state index in [1.54, 1.807) is 0 Å². The summed E-state index contributed by atoms with van der Waals surface area (Å²) < 4.78 is 27.2. The molecule has 0 amide bonds. The summed E-state index contributed by atoms with van der Waals surface area (Å²) in [7, 11) is 0. The highest BCUT2D eigenvalue weighted by Crippen LogP contribution is 2.27. The highest BCUT2D eigenvalue weighted by molar-refractivity contribution is 5.39. The Bertz CT molecular complexity index is 595. The van der Waals surface area contributed by atoms with Gasteiger partial charge in [0.1, 0.15) is 0 Å². The van der Waals surface area contributed by atoms with Crippen LogP contribution < -0.4 is 11.3 Å². The maximum Gasteiger partial charge on any atom is 0.163 e. The van der Waals surface area contributed by atoms with E-state index in [9.17, 15) is 8.78 Å². The molecule has 3 N–H and O–H groups in total. The smallest absolute Gasteiger partial charge is 0.163 e. The molecule has 0 aliphatic rings. The summed E-state index contributed by atoms with van der Waals surface area (Å²) in [6, 6.07) is 9.35. The van der Waals surface area contributed by atoms with Gasteiger partial charge in [0.15, 0.2) is 11.6 Å². The average molecular weight is 262 g/mol. The molecule has 0 aromatic heterocycles. The number of halogens is 2. The van der Waals surface area contributed by atoms with E-state index in [1.807, 2.05) is 32.0 Å². The topological polar surface area (TPSA) is 38.0 Å². The van der Waals surface area contributed by atoms with Gasteiger partial charge >= 0.3 is 0 Å². The van der Waals surface area contributed by atoms with Crippen LogP contribution in [0.5, 0.6) is 0 Å². The second-order valence-electron chi connectivity index (χ2n) is 4.60. The summed E-state index contributed by atoms with van der Waals surface area (Å²) in [5, 5.41) is 0. The summed E-state index contributed by atoms with van der Waals surface area (Å²) in [6.07, 6.45) is 0. The fourth-order valence-electron chi connectivity index (χ4n) is 2.16. The van der Waals surface area contributed by atoms with Crippen LogP contribution in [0.25, 0.3) is 0 Å². The van der Waals surface area contributed by atoms with Crippen molar-refractivity contribution in [1.29, 1.82) is 0 Å². The molecule has 0 radical (unpaired) electrons. The van der Waals surface area contributed by atoms with Crippen molar-refractivity contribution in [3.8, 4) is 0 Å². The minimum Gasteiger partial charge on any atom is -0.271 e. The number of hydrazine groups is 1. The van der Waals surface area contributed by atoms with Crippen molar-refractivity contribution in [2.75, 3.05) is 0 Å². The first-order chi connectivity index (χ1) is 9.04. The van der Waals surface area contributed by atoms with Gasteiger partial charge in [-0.05, 0) is 31.0 Å². The number of aryl methyl sites for hydroxylation is 2. The van der Waals surface area contributed by atoms with Crippen LogP contribution in [0.3, 0.4) is 0 Å². The Morgan fingerprint density at radius 3 is 2.47 bits per heavy atom. The lowest BCUT2D eigenvalue weighted by Crippen LogP contribution is -2.30. The molecule has 2 nitrogen and oxygen atoms in total. The lowest BCUT2D eigenvalue weighted by molar-refractivity contribution is 0.482. The van der Waals surface area contributed by atoms with Crippen molar-refractivity contribution in [1.82, 2.24) is 5.43 Å². The van der Waals surface area contributed by atoms with E-state index < -0.39 is 17.7 Å². The van der Waals surface area contributed by atoms with Gasteiger partial charge < -0.3 is 0 Å². The minimum absolute atomic E-state index is 0.205. The van der Waals surface area contributed by atoms with Crippen LogP contribution in [0.15, 0.2) is 36.4 Å². The number of nitrogens with two attached hydrogens (primary N) is 1. The predicted octanol–water partition coefficient (Wildman–Crippen LogP) is 3.13. The van der Waals surface area contributed by atoms with Gasteiger partial charge in [0.2, 0.25) is 0 Å². The van der Waals surface area contributed by atoms with Crippen molar-refractivity contribution >= 4 is 0 Å². The van der Waals surface area contributed by atoms with E-state index in [4.69, 9.17) is 5.84 Å². The highest BCUT2D eigenvalue weighted by Gasteiger charge is 2.20. The Morgan fingerprint density at radius 2 is 1.79 bits per heavy atom. The Labute approximate surface area is 111 Å². The van der Waals surface area contributed by atoms with Crippen LogP contribution in [0.2, 0.25) is 0 Å². The number of nitrogens with one attached hydrogen (secondary N) is 1. The van der Waals surface area contributed by atoms with Gasteiger partial charge in [-0.1, -0.05) is 35.9 Å². The summed E-state index contributed by atoms with van der Waals surface area (Å²) in [4.78, 5) is 0. The lowest BCUT2D eigenvalue weighted by Gasteiger charge is -2.20. The van der Waals surface area contributed by atoms with Crippen molar-refractivity contribution in [2.45, 2.75) is 19.9 Å². The van der Waals surface area contributed by atoms with Gasteiger partial charge in [0, 0.05) is 5.56 Å². The van der Waals surface area contributed by atoms with E-state index in [0.29, 0.717) is 0 Å². The van der Waals surface area contributed by atoms with Gasteiger partial charge in [0.05, 0.1) is 6.04 Å². The van der Waals surface area contributed by atoms with Gasteiger partial charge in [-0.25, -0.2) is 14.2 Å². The van der Waals surface area contributed by atoms with Crippen molar-refractivity contribution in [3.63, 3.8) is 0 Å². The molecule has 0 saturated heterocycles. The van der Waals surface area contributed by atoms with Crippen LogP contribution in [0, 0.1) is 25.5 Å². The summed E-state index contributed by atoms with van der Waals surface area (Å²) in [5.41, 5.74) is 5.62. The maximum absolute atomic E-state index is 13.9. The zero-order valence-corrected chi connectivity index (χ0v) is 10.9. The Morgan fingerprint density at radius 1 is 1.05 bits per heavy atom. The van der Waals surface area contributed by atoms with Crippen LogP contribution in [0.4, 0.5) is 8.78 Å². The van der Waals surface area contributed by atoms with E-state index in [1.165, 1.54) is 12.1 Å². The van der Waals surface area contributed by atoms with Gasteiger partial charge in [0.25, 0.3) is 0 Å². The largest absolute Gasteiger partial charge is 0.271 e. The Hall–Kier alpha value is -1.78. The zero-order chi connectivity index (χ0) is 14.0. The molecule has 2 aromatic carbocycles. The Balaban J connectivity index is 2.56. The van der Waals surface area contributed by atoms with Crippen LogP contribution >= 0.6 is 0 Å². The average Bonchev–Trinajstić information content (AvgIpc) is 2.39. The molecule has 100 valence electrons. The second kappa shape index (κ2) is 5.47. The number of hydrogen-bond donors (Lipinski definition) is 2. The molecular formula is C15H16F2N2. The maximum atomic E-state index is 13.9. The fourth-order valence-corrected chi connectivity index (χ4v) is 2.16. The number of benzene rings is 2. The molecule has 0 bridgehead atoms. The third kappa shape index (κ3) is 2.64. The third-order valence-electron chi connectivity index (χ3n) is 3.20. The van der Waals surface area contributed by atoms with Crippen molar-refractivity contribution < 1.29 is 8.78 Å². The van der Waals surface area contributed by atoms with E-state index >= 15 is 0 Å². The molecule has 0 heterocycles. The highest BCUT2D eigenvalue weighted by atomic mass is 19.2. The number of rotatable bonds is 3. The van der Waals surface area contributed by atoms with E-state index in [-0.39, 0.29) is 5.56 Å². The molecule has 0 saturated carbocycles. The van der Waals surface area contributed by atoms with Crippen LogP contribution in [-0.4, -0.2) is 0 Å². The standard InChI is InChI=1S/C15H16F2N2/c1-9-6-7-10(2)12(8-9)15(19-18)11-4-3-5-13(16)14(11)17/h3-8,15,19H,18H2,1-2H3. The van der Waals surface area contributed by atoms with Crippen LogP contribution in [0.1, 0.15) is 28.3 Å². The molecule has 0 aliphatic carbocycles. The molecule has 0 fully saturated rings. The Kier molecular flexibility index (Phi) is 3.93. The summed E-state index contributed by atoms with van der Waals surface area (Å²) in [6.45, 7) is 3.86. The third-order valence-corrected chi connectivity index (χ3v) is 3.20. The molecule has 2 rings (SSSR count). The minimum atomic E-state index is -0.872. The van der Waals surface area contributed by atoms with Gasteiger partial charge in [-0.2, -0.15) is 0 Å². The molecule has 0 spiro atoms. The molecule has 1 unspecified atom stereocenters. The molecule has 0 aliphatic heterocycles. The predicted molar refractivity (Wildman–Crippen MR) is 71.4 cm³/mol. The first kappa shape index (κ1) is 13.6. The fraction of sp³-hybridized carbons (Fsp3) is 0.200. The van der Waals surface area contributed by atoms with Gasteiger partial charge in [-0.15, -0.1) is 0 Å². The second-order valence-corrected chi connectivity index (χ2v) is 4.60. The van der Waals surface area contributed by atoms with E-state index in [2.05, 4.69) is 5.43 Å². The molecular weight excluding hydrogens is 246 g/mol. The van der Waals surface area contributed by atoms with Gasteiger partial charge in [-0.3, -0.25) is 5.84 Å². The monoisotopic (exact) mass is 262 g/mol. The quantitative estimate of drug-likeness (QED) is 0.658. The lowest BCUT2D eigenvalue weighted by atomic mass is 9.93.